The molecule has 1 aromatic carbocycles. The lowest BCUT2D eigenvalue weighted by atomic mass is 9.94. The van der Waals surface area contributed by atoms with Crippen molar-refractivity contribution in [3.63, 3.8) is 0 Å². The summed E-state index contributed by atoms with van der Waals surface area (Å²) in [6.07, 6.45) is 0.652. The number of β-lactam (4-membered cyclic amide) rings is 1. The summed E-state index contributed by atoms with van der Waals surface area (Å²) in [5, 5.41) is 11.9. The van der Waals surface area contributed by atoms with E-state index < -0.39 is 22.8 Å². The molecule has 3 aliphatic rings. The van der Waals surface area contributed by atoms with Gasteiger partial charge in [0.15, 0.2) is 0 Å². The molecule has 3 heterocycles. The van der Waals surface area contributed by atoms with E-state index in [4.69, 9.17) is 4.74 Å². The number of rotatable bonds is 4. The number of ether oxygens (including phenoxy) is 1. The third kappa shape index (κ3) is 3.00. The first-order valence-electron chi connectivity index (χ1n) is 9.01. The molecule has 1 aromatic rings. The van der Waals surface area contributed by atoms with Crippen LogP contribution in [0, 0.1) is 0 Å². The van der Waals surface area contributed by atoms with Crippen molar-refractivity contribution in [3.8, 4) is 0 Å². The quantitative estimate of drug-likeness (QED) is 0.753. The minimum Gasteiger partial charge on any atom is -0.480 e. The van der Waals surface area contributed by atoms with E-state index in [1.54, 1.807) is 0 Å². The Morgan fingerprint density at radius 2 is 2.11 bits per heavy atom. The fourth-order valence-electron chi connectivity index (χ4n) is 4.19. The molecule has 2 fully saturated rings. The third-order valence-electron chi connectivity index (χ3n) is 5.45. The van der Waals surface area contributed by atoms with Gasteiger partial charge in [0.2, 0.25) is 11.8 Å². The molecule has 144 valence electrons. The molecule has 0 spiro atoms. The molecule has 7 nitrogen and oxygen atoms in total. The number of carboxylic acids is 1. The number of nitrogens with zero attached hydrogens (tertiary/aromatic N) is 1. The topological polar surface area (TPSA) is 95.9 Å². The lowest BCUT2D eigenvalue weighted by Crippen LogP contribution is -2.70. The first kappa shape index (κ1) is 18.3. The van der Waals surface area contributed by atoms with E-state index in [-0.39, 0.29) is 29.7 Å². The highest BCUT2D eigenvalue weighted by molar-refractivity contribution is 8.01. The van der Waals surface area contributed by atoms with Crippen molar-refractivity contribution >= 4 is 29.5 Å². The van der Waals surface area contributed by atoms with Crippen LogP contribution in [-0.4, -0.2) is 56.6 Å². The van der Waals surface area contributed by atoms with E-state index in [2.05, 4.69) is 5.32 Å². The minimum atomic E-state index is -1.01. The number of carboxylic acid groups (broad SMARTS) is 1. The summed E-state index contributed by atoms with van der Waals surface area (Å²) in [4.78, 5) is 38.0. The summed E-state index contributed by atoms with van der Waals surface area (Å²) in [6.45, 7) is 4.19. The standard InChI is InChI=1S/C19H22N2O5S/c1-19(2)15(18(24)25)21-16(23)14(17(21)27-19)20-13(22)9-12-11-6-4-3-5-10(11)7-8-26-12/h3-6,12,14-15,17H,7-9H2,1-2H3,(H,20,22)(H,24,25)/t12?,14-,15+,17-/m1/s1. The highest BCUT2D eigenvalue weighted by Crippen LogP contribution is 2.50. The van der Waals surface area contributed by atoms with Crippen molar-refractivity contribution in [1.29, 1.82) is 0 Å². The first-order valence-corrected chi connectivity index (χ1v) is 9.89. The fourth-order valence-corrected chi connectivity index (χ4v) is 5.82. The number of fused-ring (bicyclic) bond motifs is 2. The van der Waals surface area contributed by atoms with Gasteiger partial charge in [0.25, 0.3) is 0 Å². The predicted octanol–water partition coefficient (Wildman–Crippen LogP) is 1.32. The molecule has 0 radical (unpaired) electrons. The molecule has 0 aliphatic carbocycles. The lowest BCUT2D eigenvalue weighted by molar-refractivity contribution is -0.161. The number of amides is 2. The van der Waals surface area contributed by atoms with Gasteiger partial charge in [0, 0.05) is 4.75 Å². The number of benzene rings is 1. The lowest BCUT2D eigenvalue weighted by Gasteiger charge is -2.43. The number of aliphatic carboxylic acids is 1. The van der Waals surface area contributed by atoms with Crippen LogP contribution in [0.15, 0.2) is 24.3 Å². The van der Waals surface area contributed by atoms with E-state index in [1.807, 2.05) is 38.1 Å². The van der Waals surface area contributed by atoms with Crippen molar-refractivity contribution in [1.82, 2.24) is 10.2 Å². The van der Waals surface area contributed by atoms with Crippen molar-refractivity contribution in [3.05, 3.63) is 35.4 Å². The maximum atomic E-state index is 12.5. The average molecular weight is 390 g/mol. The van der Waals surface area contributed by atoms with Crippen LogP contribution in [0.5, 0.6) is 0 Å². The highest BCUT2D eigenvalue weighted by Gasteiger charge is 2.64. The second-order valence-corrected chi connectivity index (χ2v) is 9.43. The molecule has 3 aliphatic heterocycles. The maximum Gasteiger partial charge on any atom is 0.327 e. The van der Waals surface area contributed by atoms with Crippen molar-refractivity contribution in [2.75, 3.05) is 6.61 Å². The van der Waals surface area contributed by atoms with Gasteiger partial charge in [0.1, 0.15) is 17.5 Å². The predicted molar refractivity (Wildman–Crippen MR) is 99.1 cm³/mol. The Labute approximate surface area is 161 Å². The summed E-state index contributed by atoms with van der Waals surface area (Å²) in [5.41, 5.74) is 2.20. The van der Waals surface area contributed by atoms with Crippen LogP contribution in [0.2, 0.25) is 0 Å². The van der Waals surface area contributed by atoms with Gasteiger partial charge in [-0.2, -0.15) is 0 Å². The average Bonchev–Trinajstić information content (AvgIpc) is 2.88. The maximum absolute atomic E-state index is 12.5. The van der Waals surface area contributed by atoms with Crippen LogP contribution in [-0.2, 0) is 25.5 Å². The minimum absolute atomic E-state index is 0.143. The first-order chi connectivity index (χ1) is 12.8. The molecule has 2 N–H and O–H groups in total. The van der Waals surface area contributed by atoms with Gasteiger partial charge in [-0.15, -0.1) is 11.8 Å². The Kier molecular flexibility index (Phi) is 4.43. The smallest absolute Gasteiger partial charge is 0.327 e. The molecule has 27 heavy (non-hydrogen) atoms. The second-order valence-electron chi connectivity index (χ2n) is 7.66. The number of nitrogens with one attached hydrogen (secondary N) is 1. The zero-order valence-corrected chi connectivity index (χ0v) is 16.0. The molecule has 4 atom stereocenters. The van der Waals surface area contributed by atoms with E-state index in [1.165, 1.54) is 22.2 Å². The highest BCUT2D eigenvalue weighted by atomic mass is 32.2. The number of carbonyl (C=O) groups excluding carboxylic acids is 2. The van der Waals surface area contributed by atoms with Gasteiger partial charge < -0.3 is 20.1 Å². The summed E-state index contributed by atoms with van der Waals surface area (Å²) in [6, 6.07) is 6.36. The van der Waals surface area contributed by atoms with Crippen molar-refractivity contribution in [2.45, 2.75) is 55.0 Å². The molecule has 0 bridgehead atoms. The zero-order chi connectivity index (χ0) is 19.3. The van der Waals surface area contributed by atoms with E-state index in [0.29, 0.717) is 6.61 Å². The number of hydrogen-bond donors (Lipinski definition) is 2. The molecular weight excluding hydrogens is 368 g/mol. The van der Waals surface area contributed by atoms with Crippen LogP contribution >= 0.6 is 11.8 Å². The van der Waals surface area contributed by atoms with Gasteiger partial charge in [0.05, 0.1) is 19.1 Å². The normalized spacial score (nSPS) is 30.9. The number of thioether (sulfide) groups is 1. The monoisotopic (exact) mass is 390 g/mol. The Hall–Kier alpha value is -2.06. The molecule has 0 saturated carbocycles. The van der Waals surface area contributed by atoms with E-state index in [9.17, 15) is 19.5 Å². The van der Waals surface area contributed by atoms with Gasteiger partial charge in [-0.05, 0) is 31.4 Å². The van der Waals surface area contributed by atoms with Crippen LogP contribution in [0.1, 0.15) is 37.5 Å². The second kappa shape index (κ2) is 6.53. The molecule has 2 saturated heterocycles. The van der Waals surface area contributed by atoms with Gasteiger partial charge in [-0.25, -0.2) is 4.79 Å². The van der Waals surface area contributed by atoms with Crippen LogP contribution in [0.4, 0.5) is 0 Å². The zero-order valence-electron chi connectivity index (χ0n) is 15.2. The summed E-state index contributed by atoms with van der Waals surface area (Å²) < 4.78 is 5.16. The Morgan fingerprint density at radius 3 is 2.85 bits per heavy atom. The van der Waals surface area contributed by atoms with E-state index in [0.717, 1.165) is 12.0 Å². The molecular formula is C19H22N2O5S. The summed E-state index contributed by atoms with van der Waals surface area (Å²) >= 11 is 1.42. The largest absolute Gasteiger partial charge is 0.480 e. The Bertz CT molecular complexity index is 811. The molecule has 1 unspecified atom stereocenters. The fraction of sp³-hybridized carbons (Fsp3) is 0.526. The number of hydrogen-bond acceptors (Lipinski definition) is 5. The summed E-state index contributed by atoms with van der Waals surface area (Å²) in [7, 11) is 0. The van der Waals surface area contributed by atoms with Crippen LogP contribution in [0.25, 0.3) is 0 Å². The number of carbonyl (C=O) groups is 3. The summed E-state index contributed by atoms with van der Waals surface area (Å²) in [5.74, 6) is -1.60. The molecule has 0 aromatic heterocycles. The third-order valence-corrected chi connectivity index (χ3v) is 7.03. The molecule has 8 heteroatoms. The molecule has 4 rings (SSSR count). The van der Waals surface area contributed by atoms with Crippen LogP contribution in [0.3, 0.4) is 0 Å². The van der Waals surface area contributed by atoms with E-state index >= 15 is 0 Å². The van der Waals surface area contributed by atoms with Gasteiger partial charge in [-0.3, -0.25) is 9.59 Å². The SMILES string of the molecule is CC1(C)S[C@@H]2[C@H](NC(=O)CC3OCCc4ccccc43)C(=O)N2[C@H]1C(=O)O. The van der Waals surface area contributed by atoms with Crippen molar-refractivity contribution < 1.29 is 24.2 Å². The Balaban J connectivity index is 1.42. The van der Waals surface area contributed by atoms with Crippen LogP contribution < -0.4 is 5.32 Å². The van der Waals surface area contributed by atoms with Gasteiger partial charge >= 0.3 is 5.97 Å². The Morgan fingerprint density at radius 1 is 1.37 bits per heavy atom. The van der Waals surface area contributed by atoms with Crippen molar-refractivity contribution in [2.24, 2.45) is 0 Å². The van der Waals surface area contributed by atoms with Gasteiger partial charge in [-0.1, -0.05) is 24.3 Å². The molecule has 2 amide bonds.